The smallest absolute Gasteiger partial charge is 0.282 e. The fraction of sp³-hybridized carbons (Fsp3) is 0.250. The molecular weight excluding hydrogens is 389 g/mol. The number of benzene rings is 1. The monoisotopic (exact) mass is 390 g/mol. The molecule has 0 amide bonds. The summed E-state index contributed by atoms with van der Waals surface area (Å²) in [6.07, 6.45) is 0. The molecule has 0 aliphatic carbocycles. The first-order valence-corrected chi connectivity index (χ1v) is 7.81. The van der Waals surface area contributed by atoms with Gasteiger partial charge in [-0.25, -0.2) is 0 Å². The standard InChI is InChI=1S/C8H4Cl6O3S/c9-7(10,11)4-2-1-3-5(8(12,13)14)6(4)18(15,16)17/h1-3H,(H,15,16,17). The SMILES string of the molecule is O=S(=O)(O)c1c(C(Cl)(Cl)Cl)cccc1C(Cl)(Cl)Cl. The van der Waals surface area contributed by atoms with Gasteiger partial charge in [0, 0.05) is 11.1 Å². The average Bonchev–Trinajstić information content (AvgIpc) is 2.12. The van der Waals surface area contributed by atoms with E-state index in [1.54, 1.807) is 0 Å². The number of rotatable bonds is 1. The molecule has 3 nitrogen and oxygen atoms in total. The zero-order valence-corrected chi connectivity index (χ0v) is 13.5. The molecule has 102 valence electrons. The van der Waals surface area contributed by atoms with Gasteiger partial charge < -0.3 is 0 Å². The molecule has 0 atom stereocenters. The topological polar surface area (TPSA) is 54.4 Å². The van der Waals surface area contributed by atoms with E-state index in [9.17, 15) is 13.0 Å². The van der Waals surface area contributed by atoms with E-state index in [1.807, 2.05) is 0 Å². The first kappa shape index (κ1) is 16.9. The summed E-state index contributed by atoms with van der Waals surface area (Å²) < 4.78 is 27.7. The van der Waals surface area contributed by atoms with Crippen LogP contribution in [0.3, 0.4) is 0 Å². The lowest BCUT2D eigenvalue weighted by molar-refractivity contribution is 0.481. The Morgan fingerprint density at radius 1 is 0.889 bits per heavy atom. The zero-order valence-electron chi connectivity index (χ0n) is 8.17. The normalized spacial score (nSPS) is 13.7. The molecule has 0 heterocycles. The lowest BCUT2D eigenvalue weighted by atomic mass is 10.1. The lowest BCUT2D eigenvalue weighted by Crippen LogP contribution is -2.16. The second-order valence-electron chi connectivity index (χ2n) is 3.15. The minimum Gasteiger partial charge on any atom is -0.282 e. The van der Waals surface area contributed by atoms with Gasteiger partial charge >= 0.3 is 0 Å². The van der Waals surface area contributed by atoms with Crippen molar-refractivity contribution in [2.45, 2.75) is 12.5 Å². The second kappa shape index (κ2) is 5.34. The first-order chi connectivity index (χ1) is 7.85. The van der Waals surface area contributed by atoms with E-state index in [4.69, 9.17) is 69.6 Å². The third-order valence-corrected chi connectivity index (χ3v) is 4.06. The number of hydrogen-bond acceptors (Lipinski definition) is 2. The predicted octanol–water partition coefficient (Wildman–Crippen LogP) is 4.59. The summed E-state index contributed by atoms with van der Waals surface area (Å²) in [7, 11) is -4.74. The molecule has 18 heavy (non-hydrogen) atoms. The number of halogens is 6. The highest BCUT2D eigenvalue weighted by Crippen LogP contribution is 2.47. The van der Waals surface area contributed by atoms with Gasteiger partial charge in [0.2, 0.25) is 7.59 Å². The molecule has 0 aliphatic rings. The fourth-order valence-corrected chi connectivity index (χ4v) is 3.54. The molecule has 0 radical (unpaired) electrons. The van der Waals surface area contributed by atoms with Crippen molar-refractivity contribution in [3.63, 3.8) is 0 Å². The largest absolute Gasteiger partial charge is 0.295 e. The van der Waals surface area contributed by atoms with Crippen molar-refractivity contribution in [1.29, 1.82) is 0 Å². The fourth-order valence-electron chi connectivity index (χ4n) is 1.26. The van der Waals surface area contributed by atoms with Crippen LogP contribution in [0.5, 0.6) is 0 Å². The van der Waals surface area contributed by atoms with Crippen LogP contribution in [-0.4, -0.2) is 13.0 Å². The summed E-state index contributed by atoms with van der Waals surface area (Å²) in [5.41, 5.74) is -0.613. The van der Waals surface area contributed by atoms with Crippen LogP contribution >= 0.6 is 69.6 Å². The van der Waals surface area contributed by atoms with Crippen LogP contribution in [0.25, 0.3) is 0 Å². The summed E-state index contributed by atoms with van der Waals surface area (Å²) in [6, 6.07) is 3.72. The molecule has 0 aromatic heterocycles. The molecule has 0 aliphatic heterocycles. The van der Waals surface area contributed by atoms with Crippen LogP contribution in [-0.2, 0) is 17.7 Å². The Balaban J connectivity index is 3.79. The van der Waals surface area contributed by atoms with Crippen molar-refractivity contribution >= 4 is 79.7 Å². The summed E-state index contributed by atoms with van der Waals surface area (Å²) >= 11 is 33.7. The van der Waals surface area contributed by atoms with Gasteiger partial charge in [0.1, 0.15) is 4.90 Å². The molecule has 10 heteroatoms. The molecule has 0 saturated carbocycles. The molecule has 1 N–H and O–H groups in total. The van der Waals surface area contributed by atoms with Gasteiger partial charge in [-0.15, -0.1) is 0 Å². The molecule has 1 aromatic rings. The van der Waals surface area contributed by atoms with Gasteiger partial charge in [-0.3, -0.25) is 4.55 Å². The van der Waals surface area contributed by atoms with Crippen molar-refractivity contribution in [1.82, 2.24) is 0 Å². The van der Waals surface area contributed by atoms with E-state index in [1.165, 1.54) is 18.2 Å². The quantitative estimate of drug-likeness (QED) is 0.562. The minimum absolute atomic E-state index is 0.307. The van der Waals surface area contributed by atoms with E-state index in [0.717, 1.165) is 0 Å². The van der Waals surface area contributed by atoms with Gasteiger partial charge in [0.15, 0.2) is 0 Å². The average molecular weight is 393 g/mol. The molecule has 0 unspecified atom stereocenters. The summed E-state index contributed by atoms with van der Waals surface area (Å²) in [5, 5.41) is 0. The third-order valence-electron chi connectivity index (χ3n) is 1.88. The van der Waals surface area contributed by atoms with Crippen LogP contribution in [0.15, 0.2) is 23.1 Å². The van der Waals surface area contributed by atoms with Gasteiger partial charge in [-0.2, -0.15) is 8.42 Å². The van der Waals surface area contributed by atoms with E-state index >= 15 is 0 Å². The van der Waals surface area contributed by atoms with Crippen LogP contribution in [0.1, 0.15) is 11.1 Å². The number of hydrogen-bond donors (Lipinski definition) is 1. The van der Waals surface area contributed by atoms with Crippen LogP contribution < -0.4 is 0 Å². The van der Waals surface area contributed by atoms with Gasteiger partial charge in [0.25, 0.3) is 10.1 Å². The molecule has 1 rings (SSSR count). The van der Waals surface area contributed by atoms with Crippen molar-refractivity contribution in [3.8, 4) is 0 Å². The Kier molecular flexibility index (Phi) is 5.02. The van der Waals surface area contributed by atoms with E-state index in [2.05, 4.69) is 0 Å². The minimum atomic E-state index is -4.74. The summed E-state index contributed by atoms with van der Waals surface area (Å²) in [4.78, 5) is -0.731. The van der Waals surface area contributed by atoms with E-state index in [0.29, 0.717) is 0 Å². The highest BCUT2D eigenvalue weighted by molar-refractivity contribution is 7.86. The van der Waals surface area contributed by atoms with E-state index < -0.39 is 22.6 Å². The Labute approximate surface area is 134 Å². The molecule has 0 fully saturated rings. The molecular formula is C8H4Cl6O3S. The van der Waals surface area contributed by atoms with Crippen molar-refractivity contribution in [2.75, 3.05) is 0 Å². The highest BCUT2D eigenvalue weighted by atomic mass is 35.6. The molecule has 0 saturated heterocycles. The molecule has 1 aromatic carbocycles. The van der Waals surface area contributed by atoms with Gasteiger partial charge in [0.05, 0.1) is 0 Å². The maximum atomic E-state index is 11.4. The Bertz CT molecular complexity index is 525. The lowest BCUT2D eigenvalue weighted by Gasteiger charge is -2.21. The van der Waals surface area contributed by atoms with E-state index in [-0.39, 0.29) is 11.1 Å². The Hall–Kier alpha value is 0.870. The van der Waals surface area contributed by atoms with Crippen LogP contribution in [0.2, 0.25) is 0 Å². The number of alkyl halides is 6. The predicted molar refractivity (Wildman–Crippen MR) is 74.7 cm³/mol. The van der Waals surface area contributed by atoms with Crippen molar-refractivity contribution in [2.24, 2.45) is 0 Å². The molecule has 0 spiro atoms. The zero-order chi connectivity index (χ0) is 14.4. The van der Waals surface area contributed by atoms with Gasteiger partial charge in [-0.05, 0) is 0 Å². The van der Waals surface area contributed by atoms with Crippen LogP contribution in [0.4, 0.5) is 0 Å². The van der Waals surface area contributed by atoms with Gasteiger partial charge in [-0.1, -0.05) is 87.8 Å². The Morgan fingerprint density at radius 2 is 1.22 bits per heavy atom. The maximum Gasteiger partial charge on any atom is 0.295 e. The highest BCUT2D eigenvalue weighted by Gasteiger charge is 2.38. The maximum absolute atomic E-state index is 11.4. The van der Waals surface area contributed by atoms with Crippen LogP contribution in [0, 0.1) is 0 Å². The first-order valence-electron chi connectivity index (χ1n) is 4.10. The summed E-state index contributed by atoms with van der Waals surface area (Å²) in [6.45, 7) is 0. The van der Waals surface area contributed by atoms with Crippen molar-refractivity contribution < 1.29 is 13.0 Å². The second-order valence-corrected chi connectivity index (χ2v) is 9.07. The summed E-state index contributed by atoms with van der Waals surface area (Å²) in [5.74, 6) is 0. The Morgan fingerprint density at radius 3 is 1.44 bits per heavy atom. The third kappa shape index (κ3) is 3.93. The van der Waals surface area contributed by atoms with Crippen molar-refractivity contribution in [3.05, 3.63) is 29.3 Å². The molecule has 0 bridgehead atoms.